The summed E-state index contributed by atoms with van der Waals surface area (Å²) in [5.41, 5.74) is 2.88. The van der Waals surface area contributed by atoms with Crippen molar-refractivity contribution in [1.82, 2.24) is 9.36 Å². The van der Waals surface area contributed by atoms with E-state index in [0.29, 0.717) is 17.8 Å². The number of aromatic nitrogens is 2. The lowest BCUT2D eigenvalue weighted by Gasteiger charge is -2.17. The molecule has 37 heavy (non-hydrogen) atoms. The number of carbonyl (C=O) groups excluding carboxylic acids is 2. The van der Waals surface area contributed by atoms with E-state index in [2.05, 4.69) is 10.6 Å². The van der Waals surface area contributed by atoms with Gasteiger partial charge in [0.05, 0.1) is 11.4 Å². The zero-order valence-corrected chi connectivity index (χ0v) is 21.9. The van der Waals surface area contributed by atoms with Crippen molar-refractivity contribution in [3.05, 3.63) is 107 Å². The number of para-hydroxylation sites is 1. The topological polar surface area (TPSA) is 85.1 Å². The van der Waals surface area contributed by atoms with E-state index in [4.69, 9.17) is 0 Å². The molecule has 0 radical (unpaired) electrons. The summed E-state index contributed by atoms with van der Waals surface area (Å²) in [6.45, 7) is 3.77. The maximum Gasteiger partial charge on any atom is 0.295 e. The molecule has 4 rings (SSSR count). The maximum absolute atomic E-state index is 13.6. The monoisotopic (exact) mass is 514 g/mol. The average Bonchev–Trinajstić information content (AvgIpc) is 3.12. The highest BCUT2D eigenvalue weighted by molar-refractivity contribution is 8.00. The third-order valence-electron chi connectivity index (χ3n) is 6.01. The van der Waals surface area contributed by atoms with E-state index in [1.54, 1.807) is 16.4 Å². The normalized spacial score (nSPS) is 11.6. The van der Waals surface area contributed by atoms with Crippen molar-refractivity contribution < 1.29 is 9.59 Å². The molecule has 1 atom stereocenters. The predicted molar refractivity (Wildman–Crippen MR) is 149 cm³/mol. The van der Waals surface area contributed by atoms with Gasteiger partial charge in [-0.05, 0) is 55.3 Å². The minimum Gasteiger partial charge on any atom is -0.326 e. The highest BCUT2D eigenvalue weighted by atomic mass is 32.2. The van der Waals surface area contributed by atoms with Crippen LogP contribution in [0.2, 0.25) is 0 Å². The number of benzene rings is 3. The summed E-state index contributed by atoms with van der Waals surface area (Å²) in [6.07, 6.45) is 1.25. The van der Waals surface area contributed by atoms with E-state index in [9.17, 15) is 14.4 Å². The van der Waals surface area contributed by atoms with E-state index >= 15 is 0 Å². The summed E-state index contributed by atoms with van der Waals surface area (Å²) in [4.78, 5) is 39.7. The number of thioether (sulfide) groups is 1. The minimum absolute atomic E-state index is 0.0242. The number of nitrogens with zero attached hydrogens (tertiary/aromatic N) is 2. The lowest BCUT2D eigenvalue weighted by molar-refractivity contribution is -0.116. The molecule has 1 aromatic heterocycles. The van der Waals surface area contributed by atoms with Gasteiger partial charge in [-0.1, -0.05) is 55.5 Å². The molecule has 0 saturated carbocycles. The molecule has 7 nitrogen and oxygen atoms in total. The molecule has 8 heteroatoms. The highest BCUT2D eigenvalue weighted by Gasteiger charge is 2.26. The largest absolute Gasteiger partial charge is 0.326 e. The fourth-order valence-electron chi connectivity index (χ4n) is 4.01. The molecule has 2 amide bonds. The molecular weight excluding hydrogens is 484 g/mol. The Morgan fingerprint density at radius 1 is 0.892 bits per heavy atom. The van der Waals surface area contributed by atoms with E-state index in [1.165, 1.54) is 11.8 Å². The molecule has 190 valence electrons. The molecule has 1 heterocycles. The van der Waals surface area contributed by atoms with Gasteiger partial charge in [-0.15, -0.1) is 11.8 Å². The first-order chi connectivity index (χ1) is 17.9. The third kappa shape index (κ3) is 6.03. The van der Waals surface area contributed by atoms with Gasteiger partial charge in [0.15, 0.2) is 0 Å². The van der Waals surface area contributed by atoms with Crippen LogP contribution in [0.15, 0.2) is 94.6 Å². The Balaban J connectivity index is 1.60. The van der Waals surface area contributed by atoms with Crippen molar-refractivity contribution in [2.45, 2.75) is 36.8 Å². The van der Waals surface area contributed by atoms with Crippen LogP contribution in [0, 0.1) is 6.92 Å². The van der Waals surface area contributed by atoms with Crippen LogP contribution in [0.4, 0.5) is 11.4 Å². The summed E-state index contributed by atoms with van der Waals surface area (Å²) in [5.74, 6) is -0.314. The van der Waals surface area contributed by atoms with Crippen LogP contribution in [-0.4, -0.2) is 21.2 Å². The van der Waals surface area contributed by atoms with Crippen LogP contribution in [-0.2, 0) is 16.6 Å². The minimum atomic E-state index is -0.592. The first-order valence-electron chi connectivity index (χ1n) is 12.2. The Bertz CT molecular complexity index is 1430. The van der Waals surface area contributed by atoms with E-state index in [1.807, 2.05) is 98.8 Å². The van der Waals surface area contributed by atoms with Gasteiger partial charge in [0.2, 0.25) is 11.8 Å². The number of nitrogens with one attached hydrogen (secondary N) is 2. The second-order valence-electron chi connectivity index (χ2n) is 8.66. The lowest BCUT2D eigenvalue weighted by atomic mass is 10.1. The summed E-state index contributed by atoms with van der Waals surface area (Å²) in [6, 6.07) is 26.2. The number of carbonyl (C=O) groups is 2. The second-order valence-corrected chi connectivity index (χ2v) is 9.84. The van der Waals surface area contributed by atoms with E-state index in [0.717, 1.165) is 22.6 Å². The number of hydrogen-bond acceptors (Lipinski definition) is 4. The van der Waals surface area contributed by atoms with Crippen molar-refractivity contribution in [3.63, 3.8) is 0 Å². The zero-order chi connectivity index (χ0) is 26.4. The summed E-state index contributed by atoms with van der Waals surface area (Å²) in [7, 11) is 1.80. The first-order valence-corrected chi connectivity index (χ1v) is 13.0. The van der Waals surface area contributed by atoms with Crippen molar-refractivity contribution in [2.75, 3.05) is 10.6 Å². The Morgan fingerprint density at radius 3 is 2.14 bits per heavy atom. The molecule has 0 bridgehead atoms. The number of hydrogen-bond donors (Lipinski definition) is 2. The van der Waals surface area contributed by atoms with Crippen molar-refractivity contribution >= 4 is 35.0 Å². The Morgan fingerprint density at radius 2 is 1.51 bits per heavy atom. The standard InChI is InChI=1S/C29H30N4O3S/c1-4-11-25(34)30-22-16-18-24(19-17-22)37-27(21-12-7-5-8-13-21)28(35)31-26-20(2)32(3)33(29(26)36)23-14-9-6-10-15-23/h5-10,12-19,27H,4,11H2,1-3H3,(H,30,34)(H,31,35). The summed E-state index contributed by atoms with van der Waals surface area (Å²) in [5, 5.41) is 5.19. The van der Waals surface area contributed by atoms with Crippen LogP contribution in [0.5, 0.6) is 0 Å². The molecule has 0 aliphatic carbocycles. The third-order valence-corrected chi connectivity index (χ3v) is 7.28. The van der Waals surface area contributed by atoms with Crippen molar-refractivity contribution in [2.24, 2.45) is 7.05 Å². The fraction of sp³-hybridized carbons (Fsp3) is 0.207. The highest BCUT2D eigenvalue weighted by Crippen LogP contribution is 2.36. The van der Waals surface area contributed by atoms with Gasteiger partial charge in [0.1, 0.15) is 10.9 Å². The smallest absolute Gasteiger partial charge is 0.295 e. The maximum atomic E-state index is 13.6. The SMILES string of the molecule is CCCC(=O)Nc1ccc(SC(C(=O)Nc2c(C)n(C)n(-c3ccccc3)c2=O)c2ccccc2)cc1. The number of rotatable bonds is 9. The molecule has 0 saturated heterocycles. The molecule has 3 aromatic carbocycles. The van der Waals surface area contributed by atoms with Crippen LogP contribution < -0.4 is 16.2 Å². The van der Waals surface area contributed by atoms with Crippen LogP contribution in [0.1, 0.15) is 36.3 Å². The number of anilines is 2. The van der Waals surface area contributed by atoms with Gasteiger partial charge in [-0.3, -0.25) is 19.1 Å². The van der Waals surface area contributed by atoms with Gasteiger partial charge in [-0.2, -0.15) is 0 Å². The molecule has 0 aliphatic heterocycles. The summed E-state index contributed by atoms with van der Waals surface area (Å²) < 4.78 is 3.28. The fourth-order valence-corrected chi connectivity index (χ4v) is 5.03. The van der Waals surface area contributed by atoms with Gasteiger partial charge in [-0.25, -0.2) is 4.68 Å². The van der Waals surface area contributed by atoms with Crippen molar-refractivity contribution in [1.29, 1.82) is 0 Å². The van der Waals surface area contributed by atoms with Gasteiger partial charge >= 0.3 is 0 Å². The van der Waals surface area contributed by atoms with Crippen LogP contribution >= 0.6 is 11.8 Å². The molecule has 1 unspecified atom stereocenters. The molecule has 0 spiro atoms. The Kier molecular flexibility index (Phi) is 8.30. The van der Waals surface area contributed by atoms with E-state index < -0.39 is 5.25 Å². The lowest BCUT2D eigenvalue weighted by Crippen LogP contribution is -2.25. The summed E-state index contributed by atoms with van der Waals surface area (Å²) >= 11 is 1.39. The quantitative estimate of drug-likeness (QED) is 0.281. The Labute approximate surface area is 220 Å². The van der Waals surface area contributed by atoms with Crippen molar-refractivity contribution in [3.8, 4) is 5.69 Å². The van der Waals surface area contributed by atoms with E-state index in [-0.39, 0.29) is 23.1 Å². The average molecular weight is 515 g/mol. The first kappa shape index (κ1) is 26.0. The molecular formula is C29H30N4O3S. The van der Waals surface area contributed by atoms with Gasteiger partial charge in [0, 0.05) is 24.1 Å². The molecule has 0 fully saturated rings. The van der Waals surface area contributed by atoms with Crippen LogP contribution in [0.3, 0.4) is 0 Å². The van der Waals surface area contributed by atoms with Crippen LogP contribution in [0.25, 0.3) is 5.69 Å². The molecule has 4 aromatic rings. The zero-order valence-electron chi connectivity index (χ0n) is 21.1. The van der Waals surface area contributed by atoms with Gasteiger partial charge in [0.25, 0.3) is 5.56 Å². The second kappa shape index (κ2) is 11.8. The number of amides is 2. The van der Waals surface area contributed by atoms with Gasteiger partial charge < -0.3 is 10.6 Å². The molecule has 0 aliphatic rings. The predicted octanol–water partition coefficient (Wildman–Crippen LogP) is 5.70. The Hall–Kier alpha value is -4.04. The molecule has 2 N–H and O–H groups in total.